The molecule has 2 rings (SSSR count). The number of hydrogen-bond donors (Lipinski definition) is 0. The number of esters is 1. The van der Waals surface area contributed by atoms with Crippen LogP contribution in [0.3, 0.4) is 0 Å². The largest absolute Gasteiger partial charge is 0.462 e. The molecule has 1 saturated carbocycles. The SMILES string of the molecule is CCOC(=O)c1ccc([C@H]2CC[C@@H](C(F)(F)F)CC2)cc1. The Bertz CT molecular complexity index is 471. The van der Waals surface area contributed by atoms with Crippen molar-refractivity contribution in [3.05, 3.63) is 35.4 Å². The molecule has 1 aliphatic carbocycles. The number of carbonyl (C=O) groups is 1. The summed E-state index contributed by atoms with van der Waals surface area (Å²) < 4.78 is 42.8. The maximum atomic E-state index is 12.6. The van der Waals surface area contributed by atoms with Crippen LogP contribution in [0.25, 0.3) is 0 Å². The van der Waals surface area contributed by atoms with Gasteiger partial charge in [0.15, 0.2) is 0 Å². The van der Waals surface area contributed by atoms with Crippen molar-refractivity contribution >= 4 is 5.97 Å². The smallest absolute Gasteiger partial charge is 0.391 e. The lowest BCUT2D eigenvalue weighted by molar-refractivity contribution is -0.182. The minimum atomic E-state index is -4.07. The van der Waals surface area contributed by atoms with Crippen LogP contribution < -0.4 is 0 Å². The maximum Gasteiger partial charge on any atom is 0.391 e. The van der Waals surface area contributed by atoms with Gasteiger partial charge >= 0.3 is 12.1 Å². The molecule has 5 heteroatoms. The van der Waals surface area contributed by atoms with Gasteiger partial charge in [-0.05, 0) is 56.2 Å². The summed E-state index contributed by atoms with van der Waals surface area (Å²) in [5, 5.41) is 0. The molecule has 0 saturated heterocycles. The van der Waals surface area contributed by atoms with Crippen LogP contribution in [0.1, 0.15) is 54.4 Å². The van der Waals surface area contributed by atoms with Crippen LogP contribution in [0.2, 0.25) is 0 Å². The van der Waals surface area contributed by atoms with Gasteiger partial charge in [-0.15, -0.1) is 0 Å². The predicted octanol–water partition coefficient (Wildman–Crippen LogP) is 4.70. The molecule has 1 aromatic rings. The van der Waals surface area contributed by atoms with Crippen LogP contribution in [-0.2, 0) is 4.74 Å². The van der Waals surface area contributed by atoms with E-state index in [1.165, 1.54) is 0 Å². The van der Waals surface area contributed by atoms with Gasteiger partial charge in [-0.2, -0.15) is 13.2 Å². The average molecular weight is 300 g/mol. The zero-order valence-corrected chi connectivity index (χ0v) is 12.0. The molecule has 2 nitrogen and oxygen atoms in total. The van der Waals surface area contributed by atoms with E-state index in [2.05, 4.69) is 0 Å². The van der Waals surface area contributed by atoms with Crippen LogP contribution >= 0.6 is 0 Å². The maximum absolute atomic E-state index is 12.6. The number of alkyl halides is 3. The molecule has 0 aliphatic heterocycles. The third-order valence-electron chi connectivity index (χ3n) is 4.08. The molecule has 0 atom stereocenters. The molecule has 1 fully saturated rings. The van der Waals surface area contributed by atoms with Crippen molar-refractivity contribution in [3.8, 4) is 0 Å². The van der Waals surface area contributed by atoms with Gasteiger partial charge in [-0.25, -0.2) is 4.79 Å². The Labute approximate surface area is 122 Å². The summed E-state index contributed by atoms with van der Waals surface area (Å²) in [5.74, 6) is -1.38. The van der Waals surface area contributed by atoms with Crippen molar-refractivity contribution in [1.29, 1.82) is 0 Å². The fourth-order valence-electron chi connectivity index (χ4n) is 2.86. The molecule has 0 amide bonds. The molecule has 0 heterocycles. The molecule has 0 spiro atoms. The highest BCUT2D eigenvalue weighted by molar-refractivity contribution is 5.89. The monoisotopic (exact) mass is 300 g/mol. The zero-order chi connectivity index (χ0) is 15.5. The second-order valence-corrected chi connectivity index (χ2v) is 5.43. The second-order valence-electron chi connectivity index (χ2n) is 5.43. The van der Waals surface area contributed by atoms with Crippen molar-refractivity contribution in [2.24, 2.45) is 5.92 Å². The topological polar surface area (TPSA) is 26.3 Å². The van der Waals surface area contributed by atoms with Crippen LogP contribution in [0.4, 0.5) is 13.2 Å². The fraction of sp³-hybridized carbons (Fsp3) is 0.562. The molecule has 0 bridgehead atoms. The van der Waals surface area contributed by atoms with Gasteiger partial charge in [0.25, 0.3) is 0 Å². The Morgan fingerprint density at radius 1 is 1.14 bits per heavy atom. The predicted molar refractivity (Wildman–Crippen MR) is 73.2 cm³/mol. The lowest BCUT2D eigenvalue weighted by atomic mass is 9.78. The zero-order valence-electron chi connectivity index (χ0n) is 12.0. The van der Waals surface area contributed by atoms with Gasteiger partial charge in [-0.3, -0.25) is 0 Å². The van der Waals surface area contributed by atoms with E-state index < -0.39 is 12.1 Å². The summed E-state index contributed by atoms with van der Waals surface area (Å²) in [6.45, 7) is 2.06. The van der Waals surface area contributed by atoms with Crippen LogP contribution in [-0.4, -0.2) is 18.8 Å². The highest BCUT2D eigenvalue weighted by atomic mass is 19.4. The van der Waals surface area contributed by atoms with Crippen LogP contribution in [0.15, 0.2) is 24.3 Å². The van der Waals surface area contributed by atoms with Crippen molar-refractivity contribution in [2.45, 2.75) is 44.7 Å². The summed E-state index contributed by atoms with van der Waals surface area (Å²) in [4.78, 5) is 11.5. The van der Waals surface area contributed by atoms with Crippen molar-refractivity contribution in [3.63, 3.8) is 0 Å². The molecule has 0 radical (unpaired) electrons. The molecular formula is C16H19F3O2. The molecule has 116 valence electrons. The summed E-state index contributed by atoms with van der Waals surface area (Å²) >= 11 is 0. The molecule has 1 aliphatic rings. The number of ether oxygens (including phenoxy) is 1. The van der Waals surface area contributed by atoms with Crippen LogP contribution in [0, 0.1) is 5.92 Å². The van der Waals surface area contributed by atoms with E-state index in [1.54, 1.807) is 19.1 Å². The summed E-state index contributed by atoms with van der Waals surface area (Å²) in [6, 6.07) is 7.02. The lowest BCUT2D eigenvalue weighted by Crippen LogP contribution is -2.27. The molecule has 1 aromatic carbocycles. The summed E-state index contributed by atoms with van der Waals surface area (Å²) in [6.07, 6.45) is -2.60. The fourth-order valence-corrected chi connectivity index (χ4v) is 2.86. The van der Waals surface area contributed by atoms with Crippen molar-refractivity contribution in [2.75, 3.05) is 6.61 Å². The van der Waals surface area contributed by atoms with Gasteiger partial charge in [0, 0.05) is 0 Å². The normalized spacial score (nSPS) is 22.9. The molecule has 0 unspecified atom stereocenters. The van der Waals surface area contributed by atoms with E-state index in [4.69, 9.17) is 4.74 Å². The summed E-state index contributed by atoms with van der Waals surface area (Å²) in [7, 11) is 0. The highest BCUT2D eigenvalue weighted by Gasteiger charge is 2.41. The Morgan fingerprint density at radius 2 is 1.71 bits per heavy atom. The highest BCUT2D eigenvalue weighted by Crippen LogP contribution is 2.42. The minimum absolute atomic E-state index is 0.153. The third kappa shape index (κ3) is 3.99. The van der Waals surface area contributed by atoms with E-state index in [1.807, 2.05) is 12.1 Å². The van der Waals surface area contributed by atoms with E-state index in [0.717, 1.165) is 5.56 Å². The Hall–Kier alpha value is -1.52. The number of hydrogen-bond acceptors (Lipinski definition) is 2. The first-order valence-corrected chi connectivity index (χ1v) is 7.25. The van der Waals surface area contributed by atoms with Gasteiger partial charge < -0.3 is 4.74 Å². The Balaban J connectivity index is 1.96. The first-order valence-electron chi connectivity index (χ1n) is 7.25. The second kappa shape index (κ2) is 6.50. The molecule has 0 aromatic heterocycles. The van der Waals surface area contributed by atoms with Crippen molar-refractivity contribution < 1.29 is 22.7 Å². The van der Waals surface area contributed by atoms with E-state index in [9.17, 15) is 18.0 Å². The van der Waals surface area contributed by atoms with Gasteiger partial charge in [0.1, 0.15) is 0 Å². The van der Waals surface area contributed by atoms with Crippen LogP contribution in [0.5, 0.6) is 0 Å². The molecule has 0 N–H and O–H groups in total. The Kier molecular flexibility index (Phi) is 4.91. The van der Waals surface area contributed by atoms with E-state index >= 15 is 0 Å². The molecular weight excluding hydrogens is 281 g/mol. The lowest BCUT2D eigenvalue weighted by Gasteiger charge is -2.30. The number of carbonyl (C=O) groups excluding carboxylic acids is 1. The summed E-state index contributed by atoms with van der Waals surface area (Å²) in [5.41, 5.74) is 1.48. The quantitative estimate of drug-likeness (QED) is 0.756. The minimum Gasteiger partial charge on any atom is -0.462 e. The van der Waals surface area contributed by atoms with Crippen molar-refractivity contribution in [1.82, 2.24) is 0 Å². The molecule has 21 heavy (non-hydrogen) atoms. The van der Waals surface area contributed by atoms with E-state index in [0.29, 0.717) is 25.0 Å². The number of halogens is 3. The van der Waals surface area contributed by atoms with E-state index in [-0.39, 0.29) is 24.7 Å². The first kappa shape index (κ1) is 15.9. The third-order valence-corrected chi connectivity index (χ3v) is 4.08. The van der Waals surface area contributed by atoms with Gasteiger partial charge in [0.2, 0.25) is 0 Å². The Morgan fingerprint density at radius 3 is 2.19 bits per heavy atom. The number of rotatable bonds is 3. The standard InChI is InChI=1S/C16H19F3O2/c1-2-21-15(20)13-5-3-11(4-6-13)12-7-9-14(10-8-12)16(17,18)19/h3-6,12,14H,2,7-10H2,1H3/t12-,14+. The van der Waals surface area contributed by atoms with Gasteiger partial charge in [0.05, 0.1) is 18.1 Å². The van der Waals surface area contributed by atoms with Gasteiger partial charge in [-0.1, -0.05) is 12.1 Å². The first-order chi connectivity index (χ1) is 9.91. The average Bonchev–Trinajstić information content (AvgIpc) is 2.47. The number of benzene rings is 1.